The Morgan fingerprint density at radius 2 is 2.00 bits per heavy atom. The first-order chi connectivity index (χ1) is 7.72. The molecular weight excluding hydrogens is 384 g/mol. The molecule has 0 amide bonds. The molecule has 0 aliphatic rings. The highest BCUT2D eigenvalue weighted by Gasteiger charge is 1.98. The molecule has 1 N–H and O–H groups in total. The minimum Gasteiger partial charge on any atom is -0.313 e. The highest BCUT2D eigenvalue weighted by Crippen LogP contribution is 2.14. The summed E-state index contributed by atoms with van der Waals surface area (Å²) in [7, 11) is 0. The van der Waals surface area contributed by atoms with Crippen LogP contribution in [0.5, 0.6) is 0 Å². The maximum atomic E-state index is 13.0. The topological polar surface area (TPSA) is 12.0 Å². The number of rotatable bonds is 7. The number of unbranched alkanes of at least 4 members (excludes halogenated alkanes) is 2. The number of hydrogen-bond donors (Lipinski definition) is 1. The molecule has 0 aromatic heterocycles. The predicted molar refractivity (Wildman–Crippen MR) is 78.5 cm³/mol. The Morgan fingerprint density at radius 3 is 2.69 bits per heavy atom. The molecule has 0 aliphatic carbocycles. The predicted octanol–water partition coefficient (Wildman–Crippen LogP) is 4.28. The van der Waals surface area contributed by atoms with Crippen LogP contribution in [-0.4, -0.2) is 11.0 Å². The van der Waals surface area contributed by atoms with Crippen LogP contribution >= 0.6 is 38.5 Å². The van der Waals surface area contributed by atoms with Crippen molar-refractivity contribution in [2.75, 3.05) is 11.0 Å². The molecule has 0 radical (unpaired) electrons. The Bertz CT molecular complexity index is 300. The van der Waals surface area contributed by atoms with Crippen LogP contribution in [0.4, 0.5) is 4.39 Å². The van der Waals surface area contributed by atoms with E-state index in [1.807, 2.05) is 6.07 Å². The summed E-state index contributed by atoms with van der Waals surface area (Å²) in [6, 6.07) is 4.99. The third-order valence-corrected chi connectivity index (χ3v) is 3.46. The van der Waals surface area contributed by atoms with Gasteiger partial charge in [-0.3, -0.25) is 0 Å². The van der Waals surface area contributed by atoms with E-state index in [2.05, 4.69) is 43.8 Å². The van der Waals surface area contributed by atoms with Crippen LogP contribution in [0.25, 0.3) is 0 Å². The third kappa shape index (κ3) is 6.15. The Hall–Kier alpha value is 0.320. The van der Waals surface area contributed by atoms with Crippen molar-refractivity contribution in [3.63, 3.8) is 0 Å². The molecule has 0 unspecified atom stereocenters. The minimum absolute atomic E-state index is 0.184. The van der Waals surface area contributed by atoms with Gasteiger partial charge in [0.25, 0.3) is 0 Å². The summed E-state index contributed by atoms with van der Waals surface area (Å²) >= 11 is 5.69. The van der Waals surface area contributed by atoms with Crippen molar-refractivity contribution in [2.45, 2.75) is 25.8 Å². The standard InChI is InChI=1S/C12H16BrFIN/c13-11-6-10(7-12(14)8-11)9-16-5-3-1-2-4-15/h6-8,16H,1-5,9H2. The van der Waals surface area contributed by atoms with Gasteiger partial charge in [0.1, 0.15) is 5.82 Å². The van der Waals surface area contributed by atoms with E-state index in [1.54, 1.807) is 6.07 Å². The summed E-state index contributed by atoms with van der Waals surface area (Å²) in [5.41, 5.74) is 0.987. The second-order valence-corrected chi connectivity index (χ2v) is 5.70. The number of alkyl halides is 1. The van der Waals surface area contributed by atoms with Gasteiger partial charge in [-0.25, -0.2) is 4.39 Å². The van der Waals surface area contributed by atoms with Crippen LogP contribution < -0.4 is 5.32 Å². The van der Waals surface area contributed by atoms with Crippen molar-refractivity contribution in [1.29, 1.82) is 0 Å². The summed E-state index contributed by atoms with van der Waals surface area (Å²) < 4.78 is 15.1. The highest BCUT2D eigenvalue weighted by molar-refractivity contribution is 14.1. The summed E-state index contributed by atoms with van der Waals surface area (Å²) in [6.45, 7) is 1.74. The molecule has 1 rings (SSSR count). The molecule has 0 spiro atoms. The van der Waals surface area contributed by atoms with E-state index < -0.39 is 0 Å². The lowest BCUT2D eigenvalue weighted by Gasteiger charge is -2.05. The molecule has 0 fully saturated rings. The summed E-state index contributed by atoms with van der Waals surface area (Å²) in [6.07, 6.45) is 3.75. The van der Waals surface area contributed by atoms with E-state index in [0.717, 1.165) is 23.1 Å². The van der Waals surface area contributed by atoms with Crippen molar-refractivity contribution in [2.24, 2.45) is 0 Å². The first kappa shape index (κ1) is 14.4. The van der Waals surface area contributed by atoms with Gasteiger partial charge in [0.05, 0.1) is 0 Å². The van der Waals surface area contributed by atoms with Crippen LogP contribution in [0, 0.1) is 5.82 Å². The summed E-state index contributed by atoms with van der Waals surface area (Å²) in [4.78, 5) is 0. The van der Waals surface area contributed by atoms with Crippen LogP contribution in [0.15, 0.2) is 22.7 Å². The molecule has 0 saturated carbocycles. The van der Waals surface area contributed by atoms with Gasteiger partial charge < -0.3 is 5.32 Å². The first-order valence-electron chi connectivity index (χ1n) is 5.44. The van der Waals surface area contributed by atoms with E-state index in [0.29, 0.717) is 0 Å². The minimum atomic E-state index is -0.184. The fraction of sp³-hybridized carbons (Fsp3) is 0.500. The van der Waals surface area contributed by atoms with E-state index in [4.69, 9.17) is 0 Å². The molecule has 1 aromatic carbocycles. The number of nitrogens with one attached hydrogen (secondary N) is 1. The van der Waals surface area contributed by atoms with E-state index in [1.165, 1.54) is 29.8 Å². The molecule has 4 heteroatoms. The second-order valence-electron chi connectivity index (χ2n) is 3.70. The zero-order chi connectivity index (χ0) is 11.8. The van der Waals surface area contributed by atoms with Crippen LogP contribution in [0.3, 0.4) is 0 Å². The molecule has 16 heavy (non-hydrogen) atoms. The van der Waals surface area contributed by atoms with Crippen molar-refractivity contribution in [3.8, 4) is 0 Å². The van der Waals surface area contributed by atoms with Gasteiger partial charge in [-0.15, -0.1) is 0 Å². The lowest BCUT2D eigenvalue weighted by Crippen LogP contribution is -2.14. The maximum Gasteiger partial charge on any atom is 0.124 e. The second kappa shape index (κ2) is 8.42. The van der Waals surface area contributed by atoms with Crippen molar-refractivity contribution in [3.05, 3.63) is 34.1 Å². The van der Waals surface area contributed by atoms with E-state index in [-0.39, 0.29) is 5.82 Å². The average Bonchev–Trinajstić information content (AvgIpc) is 2.22. The lowest BCUT2D eigenvalue weighted by molar-refractivity contribution is 0.605. The third-order valence-electron chi connectivity index (χ3n) is 2.24. The fourth-order valence-corrected chi connectivity index (χ4v) is 2.52. The van der Waals surface area contributed by atoms with Gasteiger partial charge in [-0.2, -0.15) is 0 Å². The average molecular weight is 400 g/mol. The monoisotopic (exact) mass is 399 g/mol. The van der Waals surface area contributed by atoms with Gasteiger partial charge in [-0.05, 0) is 47.6 Å². The zero-order valence-corrected chi connectivity index (χ0v) is 12.9. The Labute approximate surface area is 118 Å². The summed E-state index contributed by atoms with van der Waals surface area (Å²) in [5.74, 6) is -0.184. The normalized spacial score (nSPS) is 10.7. The molecule has 0 saturated heterocycles. The molecular formula is C12H16BrFIN. The molecule has 1 aromatic rings. The lowest BCUT2D eigenvalue weighted by atomic mass is 10.2. The zero-order valence-electron chi connectivity index (χ0n) is 9.11. The van der Waals surface area contributed by atoms with Gasteiger partial charge in [0.15, 0.2) is 0 Å². The molecule has 0 heterocycles. The fourth-order valence-electron chi connectivity index (χ4n) is 1.47. The van der Waals surface area contributed by atoms with Crippen LogP contribution in [-0.2, 0) is 6.54 Å². The van der Waals surface area contributed by atoms with Crippen molar-refractivity contribution < 1.29 is 4.39 Å². The molecule has 0 bridgehead atoms. The largest absolute Gasteiger partial charge is 0.313 e. The van der Waals surface area contributed by atoms with Gasteiger partial charge in [0.2, 0.25) is 0 Å². The van der Waals surface area contributed by atoms with Gasteiger partial charge >= 0.3 is 0 Å². The summed E-state index contributed by atoms with van der Waals surface area (Å²) in [5, 5.41) is 3.33. The molecule has 0 aliphatic heterocycles. The van der Waals surface area contributed by atoms with Gasteiger partial charge in [-0.1, -0.05) is 44.9 Å². The first-order valence-corrected chi connectivity index (χ1v) is 7.76. The highest BCUT2D eigenvalue weighted by atomic mass is 127. The SMILES string of the molecule is Fc1cc(Br)cc(CNCCCCCI)c1. The van der Waals surface area contributed by atoms with Crippen LogP contribution in [0.2, 0.25) is 0 Å². The van der Waals surface area contributed by atoms with Crippen molar-refractivity contribution in [1.82, 2.24) is 5.32 Å². The molecule has 0 atom stereocenters. The number of benzene rings is 1. The van der Waals surface area contributed by atoms with Gasteiger partial charge in [0, 0.05) is 11.0 Å². The quantitative estimate of drug-likeness (QED) is 0.410. The van der Waals surface area contributed by atoms with Crippen molar-refractivity contribution >= 4 is 38.5 Å². The Balaban J connectivity index is 2.21. The maximum absolute atomic E-state index is 13.0. The van der Waals surface area contributed by atoms with Crippen LogP contribution in [0.1, 0.15) is 24.8 Å². The molecule has 90 valence electrons. The smallest absolute Gasteiger partial charge is 0.124 e. The Kier molecular flexibility index (Phi) is 7.56. The Morgan fingerprint density at radius 1 is 1.19 bits per heavy atom. The van der Waals surface area contributed by atoms with E-state index >= 15 is 0 Å². The number of hydrogen-bond acceptors (Lipinski definition) is 1. The number of halogens is 3. The molecule has 1 nitrogen and oxygen atoms in total. The van der Waals surface area contributed by atoms with E-state index in [9.17, 15) is 4.39 Å².